The third-order valence-electron chi connectivity index (χ3n) is 7.64. The standard InChI is InChI=1S/C31H29ClN2O4/c1-19-7-9-25(32)24(15-19)28(35)33-26-10-8-21(16-20(26)2)29(36)34-14-13-31(12-11-23(18-31)30(37)38)17-22-5-3-4-6-27(22)34/h3-10,15-16,18H,11-14,17H2,1-2H3,(H,33,35)(H,37,38)/t31-/m0/s1. The molecular formula is C31H29ClN2O4. The van der Waals surface area contributed by atoms with E-state index >= 15 is 0 Å². The van der Waals surface area contributed by atoms with Crippen molar-refractivity contribution in [2.75, 3.05) is 16.8 Å². The number of carboxylic acids is 1. The number of rotatable bonds is 4. The monoisotopic (exact) mass is 528 g/mol. The lowest BCUT2D eigenvalue weighted by atomic mass is 9.79. The second-order valence-electron chi connectivity index (χ2n) is 10.3. The molecule has 2 N–H and O–H groups in total. The Balaban J connectivity index is 1.40. The molecule has 5 rings (SSSR count). The van der Waals surface area contributed by atoms with E-state index in [2.05, 4.69) is 5.32 Å². The van der Waals surface area contributed by atoms with Crippen LogP contribution in [0.15, 0.2) is 72.3 Å². The highest BCUT2D eigenvalue weighted by molar-refractivity contribution is 6.34. The Morgan fingerprint density at radius 3 is 2.53 bits per heavy atom. The van der Waals surface area contributed by atoms with Gasteiger partial charge in [0.1, 0.15) is 0 Å². The number of allylic oxidation sites excluding steroid dienone is 1. The molecule has 2 amide bonds. The largest absolute Gasteiger partial charge is 0.478 e. The third-order valence-corrected chi connectivity index (χ3v) is 7.97. The minimum atomic E-state index is -0.861. The maximum atomic E-state index is 13.8. The summed E-state index contributed by atoms with van der Waals surface area (Å²) in [5.74, 6) is -1.30. The SMILES string of the molecule is Cc1ccc(Cl)c(C(=O)Nc2ccc(C(=O)N3CC[C@]4(C=C(C(=O)O)CC4)Cc4ccccc43)cc2C)c1. The fourth-order valence-electron chi connectivity index (χ4n) is 5.56. The zero-order chi connectivity index (χ0) is 27.0. The van der Waals surface area contributed by atoms with Crippen molar-refractivity contribution in [3.8, 4) is 0 Å². The van der Waals surface area contributed by atoms with E-state index in [-0.39, 0.29) is 17.2 Å². The van der Waals surface area contributed by atoms with E-state index in [1.165, 1.54) is 0 Å². The van der Waals surface area contributed by atoms with Crippen LogP contribution in [0.5, 0.6) is 0 Å². The highest BCUT2D eigenvalue weighted by atomic mass is 35.5. The molecular weight excluding hydrogens is 500 g/mol. The first-order valence-electron chi connectivity index (χ1n) is 12.7. The topological polar surface area (TPSA) is 86.7 Å². The average Bonchev–Trinajstić information content (AvgIpc) is 3.24. The van der Waals surface area contributed by atoms with Crippen molar-refractivity contribution in [1.82, 2.24) is 0 Å². The van der Waals surface area contributed by atoms with Crippen molar-refractivity contribution in [2.45, 2.75) is 39.5 Å². The van der Waals surface area contributed by atoms with Gasteiger partial charge in [0.25, 0.3) is 11.8 Å². The Morgan fingerprint density at radius 1 is 1.00 bits per heavy atom. The van der Waals surface area contributed by atoms with Crippen molar-refractivity contribution >= 4 is 40.8 Å². The van der Waals surface area contributed by atoms with E-state index in [1.54, 1.807) is 35.2 Å². The quantitative estimate of drug-likeness (QED) is 0.400. The van der Waals surface area contributed by atoms with Gasteiger partial charge in [0.15, 0.2) is 0 Å². The van der Waals surface area contributed by atoms with Gasteiger partial charge in [0, 0.05) is 29.1 Å². The number of nitrogens with zero attached hydrogens (tertiary/aromatic N) is 1. The Bertz CT molecular complexity index is 1490. The maximum absolute atomic E-state index is 13.8. The van der Waals surface area contributed by atoms with Gasteiger partial charge < -0.3 is 15.3 Å². The van der Waals surface area contributed by atoms with Gasteiger partial charge in [0.05, 0.1) is 10.6 Å². The molecule has 194 valence electrons. The number of fused-ring (bicyclic) bond motifs is 1. The molecule has 0 unspecified atom stereocenters. The van der Waals surface area contributed by atoms with E-state index in [9.17, 15) is 19.5 Å². The van der Waals surface area contributed by atoms with Crippen molar-refractivity contribution in [3.05, 3.63) is 105 Å². The van der Waals surface area contributed by atoms with E-state index in [4.69, 9.17) is 11.6 Å². The number of hydrogen-bond donors (Lipinski definition) is 2. The van der Waals surface area contributed by atoms with Gasteiger partial charge in [-0.2, -0.15) is 0 Å². The number of carboxylic acid groups (broad SMARTS) is 1. The zero-order valence-corrected chi connectivity index (χ0v) is 22.1. The van der Waals surface area contributed by atoms with Gasteiger partial charge in [-0.25, -0.2) is 4.79 Å². The minimum absolute atomic E-state index is 0.127. The molecule has 7 heteroatoms. The number of para-hydroxylation sites is 1. The lowest BCUT2D eigenvalue weighted by Crippen LogP contribution is -2.33. The zero-order valence-electron chi connectivity index (χ0n) is 21.4. The summed E-state index contributed by atoms with van der Waals surface area (Å²) in [6, 6.07) is 18.4. The van der Waals surface area contributed by atoms with Crippen LogP contribution in [0, 0.1) is 19.3 Å². The highest BCUT2D eigenvalue weighted by Crippen LogP contribution is 2.46. The first-order chi connectivity index (χ1) is 18.2. The van der Waals surface area contributed by atoms with Gasteiger partial charge in [-0.15, -0.1) is 0 Å². The van der Waals surface area contributed by atoms with Crippen LogP contribution in [0.25, 0.3) is 0 Å². The van der Waals surface area contributed by atoms with Crippen molar-refractivity contribution in [1.29, 1.82) is 0 Å². The van der Waals surface area contributed by atoms with Crippen LogP contribution in [0.1, 0.15) is 56.7 Å². The molecule has 0 fully saturated rings. The molecule has 0 saturated carbocycles. The molecule has 0 radical (unpaired) electrons. The fourth-order valence-corrected chi connectivity index (χ4v) is 5.76. The summed E-state index contributed by atoms with van der Waals surface area (Å²) in [5, 5.41) is 12.8. The average molecular weight is 529 g/mol. The number of anilines is 2. The number of carbonyl (C=O) groups is 3. The molecule has 1 atom stereocenters. The molecule has 1 aliphatic heterocycles. The third kappa shape index (κ3) is 4.96. The highest BCUT2D eigenvalue weighted by Gasteiger charge is 2.39. The first-order valence-corrected chi connectivity index (χ1v) is 13.1. The molecule has 6 nitrogen and oxygen atoms in total. The van der Waals surface area contributed by atoms with Gasteiger partial charge in [-0.1, -0.05) is 47.5 Å². The predicted octanol–water partition coefficient (Wildman–Crippen LogP) is 6.59. The van der Waals surface area contributed by atoms with Gasteiger partial charge in [-0.05, 0) is 92.5 Å². The van der Waals surface area contributed by atoms with Crippen LogP contribution in [0.2, 0.25) is 5.02 Å². The van der Waals surface area contributed by atoms with Crippen LogP contribution in [-0.2, 0) is 11.2 Å². The number of halogens is 1. The molecule has 1 heterocycles. The molecule has 1 spiro atoms. The van der Waals surface area contributed by atoms with E-state index in [0.717, 1.165) is 28.8 Å². The molecule has 0 aromatic heterocycles. The molecule has 2 aliphatic rings. The number of amides is 2. The first kappa shape index (κ1) is 25.7. The lowest BCUT2D eigenvalue weighted by Gasteiger charge is -2.26. The Kier molecular flexibility index (Phi) is 6.84. The number of aliphatic carboxylic acids is 1. The maximum Gasteiger partial charge on any atom is 0.331 e. The van der Waals surface area contributed by atoms with Crippen LogP contribution in [0.3, 0.4) is 0 Å². The summed E-state index contributed by atoms with van der Waals surface area (Å²) in [5.41, 5.74) is 5.31. The number of hydrogen-bond acceptors (Lipinski definition) is 3. The second-order valence-corrected chi connectivity index (χ2v) is 10.7. The number of aryl methyl sites for hydroxylation is 2. The van der Waals surface area contributed by atoms with Gasteiger partial charge >= 0.3 is 5.97 Å². The van der Waals surface area contributed by atoms with Gasteiger partial charge in [-0.3, -0.25) is 9.59 Å². The molecule has 1 aliphatic carbocycles. The van der Waals surface area contributed by atoms with Gasteiger partial charge in [0.2, 0.25) is 0 Å². The van der Waals surface area contributed by atoms with Crippen molar-refractivity contribution < 1.29 is 19.5 Å². The minimum Gasteiger partial charge on any atom is -0.478 e. The van der Waals surface area contributed by atoms with E-state index < -0.39 is 5.97 Å². The number of benzene rings is 3. The van der Waals surface area contributed by atoms with Crippen LogP contribution < -0.4 is 10.2 Å². The lowest BCUT2D eigenvalue weighted by molar-refractivity contribution is -0.132. The van der Waals surface area contributed by atoms with Crippen LogP contribution in [-0.4, -0.2) is 29.4 Å². The molecule has 3 aromatic carbocycles. The van der Waals surface area contributed by atoms with E-state index in [0.29, 0.717) is 53.2 Å². The van der Waals surface area contributed by atoms with E-state index in [1.807, 2.05) is 50.3 Å². The molecule has 0 saturated heterocycles. The van der Waals surface area contributed by atoms with Crippen LogP contribution in [0.4, 0.5) is 11.4 Å². The molecule has 0 bridgehead atoms. The summed E-state index contributed by atoms with van der Waals surface area (Å²) in [6.07, 6.45) is 4.63. The normalized spacial score (nSPS) is 18.5. The second kappa shape index (κ2) is 10.1. The Hall–Kier alpha value is -3.90. The molecule has 38 heavy (non-hydrogen) atoms. The van der Waals surface area contributed by atoms with Crippen LogP contribution >= 0.6 is 11.6 Å². The summed E-state index contributed by atoms with van der Waals surface area (Å²) in [4.78, 5) is 40.0. The summed E-state index contributed by atoms with van der Waals surface area (Å²) in [6.45, 7) is 4.24. The summed E-state index contributed by atoms with van der Waals surface area (Å²) >= 11 is 6.23. The Morgan fingerprint density at radius 2 is 1.79 bits per heavy atom. The Labute approximate surface area is 226 Å². The summed E-state index contributed by atoms with van der Waals surface area (Å²) < 4.78 is 0. The molecule has 3 aromatic rings. The summed E-state index contributed by atoms with van der Waals surface area (Å²) in [7, 11) is 0. The smallest absolute Gasteiger partial charge is 0.331 e. The number of nitrogens with one attached hydrogen (secondary N) is 1. The van der Waals surface area contributed by atoms with Crippen molar-refractivity contribution in [3.63, 3.8) is 0 Å². The predicted molar refractivity (Wildman–Crippen MR) is 149 cm³/mol. The number of carbonyl (C=O) groups excluding carboxylic acids is 2. The fraction of sp³-hybridized carbons (Fsp3) is 0.258. The van der Waals surface area contributed by atoms with Crippen molar-refractivity contribution in [2.24, 2.45) is 5.41 Å².